The van der Waals surface area contributed by atoms with E-state index >= 15 is 0 Å². The third kappa shape index (κ3) is 5.40. The SMILES string of the molecule is CCCNc1nnc(SCC(=O)N2CCN(C(=O)C3COc4ccccc4O3)CC2)s1. The average molecular weight is 464 g/mol. The van der Waals surface area contributed by atoms with Gasteiger partial charge in [0.15, 0.2) is 15.8 Å². The van der Waals surface area contributed by atoms with Gasteiger partial charge < -0.3 is 24.6 Å². The molecule has 0 aliphatic carbocycles. The van der Waals surface area contributed by atoms with Crippen molar-refractivity contribution < 1.29 is 19.1 Å². The molecule has 4 rings (SSSR count). The number of fused-ring (bicyclic) bond motifs is 1. The van der Waals surface area contributed by atoms with E-state index in [0.717, 1.165) is 22.4 Å². The molecule has 1 fully saturated rings. The first-order valence-corrected chi connectivity index (χ1v) is 12.1. The first kappa shape index (κ1) is 21.7. The van der Waals surface area contributed by atoms with E-state index in [1.807, 2.05) is 18.2 Å². The summed E-state index contributed by atoms with van der Waals surface area (Å²) in [5.41, 5.74) is 0. The van der Waals surface area contributed by atoms with Gasteiger partial charge in [-0.1, -0.05) is 42.2 Å². The van der Waals surface area contributed by atoms with E-state index in [1.165, 1.54) is 23.1 Å². The van der Waals surface area contributed by atoms with Crippen molar-refractivity contribution in [2.75, 3.05) is 50.4 Å². The number of anilines is 1. The highest BCUT2D eigenvalue weighted by atomic mass is 32.2. The zero-order valence-corrected chi connectivity index (χ0v) is 18.9. The Morgan fingerprint density at radius 3 is 2.68 bits per heavy atom. The highest BCUT2D eigenvalue weighted by Crippen LogP contribution is 2.31. The Morgan fingerprint density at radius 1 is 1.16 bits per heavy atom. The molecule has 3 heterocycles. The van der Waals surface area contributed by atoms with Gasteiger partial charge in [0.05, 0.1) is 5.75 Å². The first-order chi connectivity index (χ1) is 15.1. The Labute approximate surface area is 189 Å². The van der Waals surface area contributed by atoms with Gasteiger partial charge in [-0.05, 0) is 18.6 Å². The third-order valence-corrected chi connectivity index (χ3v) is 6.98. The highest BCUT2D eigenvalue weighted by molar-refractivity contribution is 8.01. The summed E-state index contributed by atoms with van der Waals surface area (Å²) in [4.78, 5) is 28.9. The number of para-hydroxylation sites is 2. The summed E-state index contributed by atoms with van der Waals surface area (Å²) in [6.07, 6.45) is 0.364. The Hall–Kier alpha value is -2.53. The molecule has 1 unspecified atom stereocenters. The maximum absolute atomic E-state index is 12.8. The minimum Gasteiger partial charge on any atom is -0.485 e. The number of hydrogen-bond donors (Lipinski definition) is 1. The van der Waals surface area contributed by atoms with Gasteiger partial charge in [0, 0.05) is 32.7 Å². The maximum Gasteiger partial charge on any atom is 0.267 e. The Bertz CT molecular complexity index is 916. The Morgan fingerprint density at radius 2 is 1.90 bits per heavy atom. The quantitative estimate of drug-likeness (QED) is 0.623. The van der Waals surface area contributed by atoms with Crippen LogP contribution in [0.15, 0.2) is 28.6 Å². The van der Waals surface area contributed by atoms with Gasteiger partial charge in [-0.15, -0.1) is 10.2 Å². The van der Waals surface area contributed by atoms with E-state index in [9.17, 15) is 9.59 Å². The molecule has 166 valence electrons. The summed E-state index contributed by atoms with van der Waals surface area (Å²) in [5, 5.41) is 12.2. The Kier molecular flexibility index (Phi) is 7.13. The van der Waals surface area contributed by atoms with E-state index in [-0.39, 0.29) is 18.4 Å². The summed E-state index contributed by atoms with van der Waals surface area (Å²) in [7, 11) is 0. The van der Waals surface area contributed by atoms with Crippen molar-refractivity contribution >= 4 is 40.0 Å². The largest absolute Gasteiger partial charge is 0.485 e. The highest BCUT2D eigenvalue weighted by Gasteiger charge is 2.33. The minimum atomic E-state index is -0.652. The summed E-state index contributed by atoms with van der Waals surface area (Å²) < 4.78 is 12.2. The number of nitrogens with zero attached hydrogens (tertiary/aromatic N) is 4. The Balaban J connectivity index is 1.21. The topological polar surface area (TPSA) is 96.9 Å². The lowest BCUT2D eigenvalue weighted by Gasteiger charge is -2.37. The number of amides is 2. The lowest BCUT2D eigenvalue weighted by Crippen LogP contribution is -2.55. The molecule has 2 aromatic rings. The van der Waals surface area contributed by atoms with Gasteiger partial charge in [0.2, 0.25) is 17.1 Å². The van der Waals surface area contributed by atoms with Crippen LogP contribution in [0.2, 0.25) is 0 Å². The van der Waals surface area contributed by atoms with Crippen LogP contribution in [0.5, 0.6) is 11.5 Å². The van der Waals surface area contributed by atoms with Crippen LogP contribution in [0.25, 0.3) is 0 Å². The van der Waals surface area contributed by atoms with Crippen molar-refractivity contribution in [3.8, 4) is 11.5 Å². The molecule has 1 atom stereocenters. The van der Waals surface area contributed by atoms with Crippen LogP contribution >= 0.6 is 23.1 Å². The number of piperazine rings is 1. The van der Waals surface area contributed by atoms with Gasteiger partial charge in [0.1, 0.15) is 6.61 Å². The number of benzene rings is 1. The van der Waals surface area contributed by atoms with Crippen molar-refractivity contribution in [3.63, 3.8) is 0 Å². The molecule has 2 aliphatic rings. The average Bonchev–Trinajstić information content (AvgIpc) is 3.28. The second-order valence-electron chi connectivity index (χ2n) is 7.16. The molecule has 1 aromatic carbocycles. The molecule has 0 spiro atoms. The van der Waals surface area contributed by atoms with Gasteiger partial charge in [-0.2, -0.15) is 0 Å². The van der Waals surface area contributed by atoms with Gasteiger partial charge in [-0.3, -0.25) is 9.59 Å². The zero-order valence-electron chi connectivity index (χ0n) is 17.3. The third-order valence-electron chi connectivity index (χ3n) is 4.98. The second kappa shape index (κ2) is 10.2. The molecule has 11 heteroatoms. The maximum atomic E-state index is 12.8. The predicted octanol–water partition coefficient (Wildman–Crippen LogP) is 1.96. The van der Waals surface area contributed by atoms with Crippen molar-refractivity contribution in [2.24, 2.45) is 0 Å². The number of nitrogens with one attached hydrogen (secondary N) is 1. The predicted molar refractivity (Wildman–Crippen MR) is 119 cm³/mol. The number of carbonyl (C=O) groups excluding carboxylic acids is 2. The molecule has 1 aromatic heterocycles. The van der Waals surface area contributed by atoms with E-state index in [2.05, 4.69) is 22.4 Å². The zero-order chi connectivity index (χ0) is 21.6. The number of ether oxygens (including phenoxy) is 2. The molecule has 0 radical (unpaired) electrons. The molecular formula is C20H25N5O4S2. The fourth-order valence-corrected chi connectivity index (χ4v) is 4.99. The van der Waals surface area contributed by atoms with Gasteiger partial charge >= 0.3 is 0 Å². The molecular weight excluding hydrogens is 438 g/mol. The van der Waals surface area contributed by atoms with Crippen LogP contribution in [0, 0.1) is 0 Å². The smallest absolute Gasteiger partial charge is 0.267 e. The molecule has 2 aliphatic heterocycles. The van der Waals surface area contributed by atoms with Crippen LogP contribution < -0.4 is 14.8 Å². The van der Waals surface area contributed by atoms with Crippen LogP contribution in [0.3, 0.4) is 0 Å². The van der Waals surface area contributed by atoms with Crippen LogP contribution in [-0.2, 0) is 9.59 Å². The number of carbonyl (C=O) groups is 2. The number of hydrogen-bond acceptors (Lipinski definition) is 9. The summed E-state index contributed by atoms with van der Waals surface area (Å²) in [6, 6.07) is 7.33. The van der Waals surface area contributed by atoms with Crippen LogP contribution in [0.4, 0.5) is 5.13 Å². The van der Waals surface area contributed by atoms with E-state index in [0.29, 0.717) is 43.4 Å². The summed E-state index contributed by atoms with van der Waals surface area (Å²) >= 11 is 2.85. The molecule has 1 saturated heterocycles. The standard InChI is InChI=1S/C20H25N5O4S2/c1-2-7-21-19-22-23-20(31-19)30-13-17(26)24-8-10-25(11-9-24)18(27)16-12-28-14-5-3-4-6-15(14)29-16/h3-6,16H,2,7-13H2,1H3,(H,21,22). The van der Waals surface area contributed by atoms with Gasteiger partial charge in [0.25, 0.3) is 5.91 Å². The minimum absolute atomic E-state index is 0.0431. The molecule has 1 N–H and O–H groups in total. The van der Waals surface area contributed by atoms with Crippen LogP contribution in [0.1, 0.15) is 13.3 Å². The molecule has 9 nitrogen and oxygen atoms in total. The van der Waals surface area contributed by atoms with Crippen molar-refractivity contribution in [2.45, 2.75) is 23.8 Å². The van der Waals surface area contributed by atoms with E-state index in [4.69, 9.17) is 9.47 Å². The molecule has 31 heavy (non-hydrogen) atoms. The number of thioether (sulfide) groups is 1. The molecule has 2 amide bonds. The van der Waals surface area contributed by atoms with Gasteiger partial charge in [-0.25, -0.2) is 0 Å². The fourth-order valence-electron chi connectivity index (χ4n) is 3.31. The fraction of sp³-hybridized carbons (Fsp3) is 0.500. The normalized spacial score (nSPS) is 18.0. The van der Waals surface area contributed by atoms with Crippen LogP contribution in [-0.4, -0.2) is 83.0 Å². The van der Waals surface area contributed by atoms with E-state index < -0.39 is 6.10 Å². The summed E-state index contributed by atoms with van der Waals surface area (Å²) in [5.74, 6) is 1.50. The molecule has 0 saturated carbocycles. The second-order valence-corrected chi connectivity index (χ2v) is 9.36. The first-order valence-electron chi connectivity index (χ1n) is 10.3. The number of aromatic nitrogens is 2. The van der Waals surface area contributed by atoms with Crippen molar-refractivity contribution in [1.82, 2.24) is 20.0 Å². The monoisotopic (exact) mass is 463 g/mol. The molecule has 0 bridgehead atoms. The van der Waals surface area contributed by atoms with Crippen molar-refractivity contribution in [3.05, 3.63) is 24.3 Å². The number of rotatable bonds is 7. The summed E-state index contributed by atoms with van der Waals surface area (Å²) in [6.45, 7) is 5.13. The lowest BCUT2D eigenvalue weighted by atomic mass is 10.2. The lowest BCUT2D eigenvalue weighted by molar-refractivity contribution is -0.145. The van der Waals surface area contributed by atoms with Crippen molar-refractivity contribution in [1.29, 1.82) is 0 Å². The van der Waals surface area contributed by atoms with E-state index in [1.54, 1.807) is 15.9 Å².